The van der Waals surface area contributed by atoms with Crippen molar-refractivity contribution in [2.45, 2.75) is 51.7 Å². The molecule has 1 atom stereocenters. The first kappa shape index (κ1) is 27.3. The molecule has 0 spiro atoms. The SMILES string of the molecule is CC(C)C(O[C@H](C)COC(c1ccccc1)(c1ccccc1)c1ccccc1)(C(C)C)P(=O)(O)O. The van der Waals surface area contributed by atoms with Gasteiger partial charge in [-0.3, -0.25) is 4.57 Å². The molecule has 0 fully saturated rings. The van der Waals surface area contributed by atoms with Gasteiger partial charge in [-0.05, 0) is 35.4 Å². The molecule has 0 aliphatic heterocycles. The third-order valence-corrected chi connectivity index (χ3v) is 8.62. The summed E-state index contributed by atoms with van der Waals surface area (Å²) < 4.78 is 25.7. The van der Waals surface area contributed by atoms with E-state index >= 15 is 0 Å². The van der Waals surface area contributed by atoms with E-state index in [-0.39, 0.29) is 6.61 Å². The maximum Gasteiger partial charge on any atom is 0.357 e. The predicted molar refractivity (Wildman–Crippen MR) is 140 cm³/mol. The molecule has 35 heavy (non-hydrogen) atoms. The van der Waals surface area contributed by atoms with E-state index in [2.05, 4.69) is 0 Å². The number of ether oxygens (including phenoxy) is 2. The Balaban J connectivity index is 2.06. The molecule has 0 aromatic heterocycles. The number of benzene rings is 3. The minimum absolute atomic E-state index is 0.125. The van der Waals surface area contributed by atoms with Gasteiger partial charge >= 0.3 is 7.60 Å². The van der Waals surface area contributed by atoms with Crippen molar-refractivity contribution >= 4 is 7.60 Å². The zero-order valence-corrected chi connectivity index (χ0v) is 22.1. The lowest BCUT2D eigenvalue weighted by molar-refractivity contribution is -0.135. The Bertz CT molecular complexity index is 989. The minimum atomic E-state index is -4.59. The molecule has 188 valence electrons. The molecule has 0 saturated heterocycles. The molecule has 0 aliphatic rings. The molecule has 3 aromatic rings. The molecule has 0 aliphatic carbocycles. The van der Waals surface area contributed by atoms with Gasteiger partial charge in [-0.25, -0.2) is 0 Å². The zero-order valence-electron chi connectivity index (χ0n) is 21.2. The van der Waals surface area contributed by atoms with Crippen LogP contribution in [0.2, 0.25) is 0 Å². The first-order valence-electron chi connectivity index (χ1n) is 12.1. The van der Waals surface area contributed by atoms with Gasteiger partial charge in [-0.15, -0.1) is 0 Å². The summed E-state index contributed by atoms with van der Waals surface area (Å²) in [7, 11) is -4.59. The highest BCUT2D eigenvalue weighted by Crippen LogP contribution is 2.59. The molecule has 0 radical (unpaired) electrons. The van der Waals surface area contributed by atoms with Crippen molar-refractivity contribution in [1.29, 1.82) is 0 Å². The van der Waals surface area contributed by atoms with E-state index < -0.39 is 36.5 Å². The highest BCUT2D eigenvalue weighted by atomic mass is 31.2. The Kier molecular flexibility index (Phi) is 8.74. The van der Waals surface area contributed by atoms with E-state index in [1.165, 1.54) is 0 Å². The van der Waals surface area contributed by atoms with Gasteiger partial charge in [-0.2, -0.15) is 0 Å². The summed E-state index contributed by atoms with van der Waals surface area (Å²) >= 11 is 0. The largest absolute Gasteiger partial charge is 0.358 e. The van der Waals surface area contributed by atoms with Crippen LogP contribution in [0, 0.1) is 11.8 Å². The molecule has 5 nitrogen and oxygen atoms in total. The Hall–Kier alpha value is -2.27. The maximum atomic E-state index is 12.7. The van der Waals surface area contributed by atoms with Crippen molar-refractivity contribution in [3.63, 3.8) is 0 Å². The van der Waals surface area contributed by atoms with E-state index in [9.17, 15) is 14.4 Å². The fourth-order valence-corrected chi connectivity index (χ4v) is 6.71. The van der Waals surface area contributed by atoms with E-state index in [1.807, 2.05) is 91.0 Å². The number of hydrogen-bond acceptors (Lipinski definition) is 3. The van der Waals surface area contributed by atoms with Crippen LogP contribution in [0.3, 0.4) is 0 Å². The fraction of sp³-hybridized carbons (Fsp3) is 0.379. The molecular formula is C29H37O5P. The number of rotatable bonds is 11. The average molecular weight is 497 g/mol. The lowest BCUT2D eigenvalue weighted by Gasteiger charge is -2.43. The Morgan fingerprint density at radius 2 is 1.03 bits per heavy atom. The Morgan fingerprint density at radius 1 is 0.686 bits per heavy atom. The molecule has 3 aromatic carbocycles. The molecule has 0 saturated carbocycles. The van der Waals surface area contributed by atoms with Gasteiger partial charge in [0.15, 0.2) is 5.34 Å². The molecule has 2 N–H and O–H groups in total. The molecule has 0 amide bonds. The summed E-state index contributed by atoms with van der Waals surface area (Å²) in [5.74, 6) is -0.791. The number of hydrogen-bond donors (Lipinski definition) is 2. The van der Waals surface area contributed by atoms with Crippen LogP contribution in [0.5, 0.6) is 0 Å². The summed E-state index contributed by atoms with van der Waals surface area (Å²) in [5.41, 5.74) is 1.94. The van der Waals surface area contributed by atoms with Gasteiger partial charge in [0.05, 0.1) is 12.7 Å². The lowest BCUT2D eigenvalue weighted by atomic mass is 9.80. The maximum absolute atomic E-state index is 12.7. The standard InChI is InChI=1S/C29H37O5P/c1-22(2)29(23(3)4,35(30,31)32)34-24(5)21-33-28(25-15-9-6-10-16-25,26-17-11-7-12-18-26)27-19-13-8-14-20-27/h6-20,22-24H,21H2,1-5H3,(H2,30,31,32)/t24-/m1/s1. The topological polar surface area (TPSA) is 76.0 Å². The summed E-state index contributed by atoms with van der Waals surface area (Å²) in [5, 5.41) is -1.61. The Labute approximate surface area is 209 Å². The molecule has 0 unspecified atom stereocenters. The first-order valence-corrected chi connectivity index (χ1v) is 13.7. The van der Waals surface area contributed by atoms with Crippen LogP contribution in [0.4, 0.5) is 0 Å². The monoisotopic (exact) mass is 496 g/mol. The quantitative estimate of drug-likeness (QED) is 0.231. The van der Waals surface area contributed by atoms with Gasteiger partial charge in [0.1, 0.15) is 5.60 Å². The predicted octanol–water partition coefficient (Wildman–Crippen LogP) is 6.59. The fourth-order valence-electron chi connectivity index (χ4n) is 5.05. The van der Waals surface area contributed by atoms with Gasteiger partial charge in [0.25, 0.3) is 0 Å². The molecule has 0 heterocycles. The molecule has 6 heteroatoms. The lowest BCUT2D eigenvalue weighted by Crippen LogP contribution is -2.47. The molecule has 0 bridgehead atoms. The van der Waals surface area contributed by atoms with Crippen molar-refractivity contribution in [2.75, 3.05) is 6.61 Å². The van der Waals surface area contributed by atoms with E-state index in [4.69, 9.17) is 9.47 Å². The second kappa shape index (κ2) is 11.2. The van der Waals surface area contributed by atoms with E-state index in [0.29, 0.717) is 0 Å². The third-order valence-electron chi connectivity index (χ3n) is 6.58. The van der Waals surface area contributed by atoms with Crippen molar-refractivity contribution < 1.29 is 23.8 Å². The average Bonchev–Trinajstić information content (AvgIpc) is 2.84. The van der Waals surface area contributed by atoms with Crippen LogP contribution < -0.4 is 0 Å². The normalized spacial score (nSPS) is 13.9. The van der Waals surface area contributed by atoms with Gasteiger partial charge < -0.3 is 19.3 Å². The Morgan fingerprint density at radius 3 is 1.31 bits per heavy atom. The van der Waals surface area contributed by atoms with Crippen LogP contribution >= 0.6 is 7.60 Å². The second-order valence-corrected chi connectivity index (χ2v) is 11.4. The van der Waals surface area contributed by atoms with Crippen molar-refractivity contribution in [2.24, 2.45) is 11.8 Å². The van der Waals surface area contributed by atoms with Gasteiger partial charge in [0, 0.05) is 0 Å². The van der Waals surface area contributed by atoms with Crippen LogP contribution in [-0.4, -0.2) is 27.8 Å². The zero-order chi connectivity index (χ0) is 25.7. The van der Waals surface area contributed by atoms with Crippen molar-refractivity contribution in [3.8, 4) is 0 Å². The van der Waals surface area contributed by atoms with Gasteiger partial charge in [-0.1, -0.05) is 119 Å². The molecular weight excluding hydrogens is 459 g/mol. The summed E-state index contributed by atoms with van der Waals surface area (Å²) in [6, 6.07) is 30.0. The minimum Gasteiger partial charge on any atom is -0.358 e. The molecule has 3 rings (SSSR count). The third kappa shape index (κ3) is 5.45. The summed E-state index contributed by atoms with van der Waals surface area (Å²) in [6.07, 6.45) is -0.581. The van der Waals surface area contributed by atoms with Crippen molar-refractivity contribution in [1.82, 2.24) is 0 Å². The van der Waals surface area contributed by atoms with Crippen LogP contribution in [0.25, 0.3) is 0 Å². The highest BCUT2D eigenvalue weighted by Gasteiger charge is 2.54. The van der Waals surface area contributed by atoms with Gasteiger partial charge in [0.2, 0.25) is 0 Å². The first-order chi connectivity index (χ1) is 16.6. The van der Waals surface area contributed by atoms with Crippen LogP contribution in [0.1, 0.15) is 51.3 Å². The smallest absolute Gasteiger partial charge is 0.357 e. The van der Waals surface area contributed by atoms with Crippen LogP contribution in [-0.2, 0) is 19.6 Å². The van der Waals surface area contributed by atoms with Crippen LogP contribution in [0.15, 0.2) is 91.0 Å². The summed E-state index contributed by atoms with van der Waals surface area (Å²) in [6.45, 7) is 9.08. The second-order valence-electron chi connectivity index (χ2n) is 9.62. The summed E-state index contributed by atoms with van der Waals surface area (Å²) in [4.78, 5) is 20.7. The van der Waals surface area contributed by atoms with E-state index in [1.54, 1.807) is 34.6 Å². The van der Waals surface area contributed by atoms with Crippen molar-refractivity contribution in [3.05, 3.63) is 108 Å². The van der Waals surface area contributed by atoms with E-state index in [0.717, 1.165) is 16.7 Å². The highest BCUT2D eigenvalue weighted by molar-refractivity contribution is 7.53.